The van der Waals surface area contributed by atoms with Crippen LogP contribution in [0.1, 0.15) is 33.6 Å². The van der Waals surface area contributed by atoms with Gasteiger partial charge in [-0.2, -0.15) is 0 Å². The first-order valence-corrected chi connectivity index (χ1v) is 11.1. The van der Waals surface area contributed by atoms with E-state index in [1.54, 1.807) is 13.8 Å². The summed E-state index contributed by atoms with van der Waals surface area (Å²) in [7, 11) is 0. The van der Waals surface area contributed by atoms with Gasteiger partial charge in [-0.3, -0.25) is 0 Å². The third-order valence-corrected chi connectivity index (χ3v) is 5.95. The number of carbonyl (C=O) groups excluding carboxylic acids is 1. The van der Waals surface area contributed by atoms with E-state index in [0.29, 0.717) is 17.4 Å². The van der Waals surface area contributed by atoms with Crippen LogP contribution < -0.4 is 11.1 Å². The minimum absolute atomic E-state index is 0.141. The number of nitrogen functional groups attached to an aromatic ring is 1. The number of aliphatic hydroxyl groups excluding tert-OH is 1. The molecule has 0 spiro atoms. The zero-order valence-corrected chi connectivity index (χ0v) is 18.7. The Labute approximate surface area is 184 Å². The summed E-state index contributed by atoms with van der Waals surface area (Å²) in [4.78, 5) is 20.6. The number of hydrogen-bond donors (Lipinski definition) is 3. The molecule has 1 aliphatic heterocycles. The van der Waals surface area contributed by atoms with Crippen LogP contribution in [0.5, 0.6) is 0 Å². The number of aromatic nitrogens is 2. The van der Waals surface area contributed by atoms with Crippen molar-refractivity contribution in [1.29, 1.82) is 0 Å². The van der Waals surface area contributed by atoms with Gasteiger partial charge in [0.25, 0.3) is 0 Å². The van der Waals surface area contributed by atoms with Crippen LogP contribution in [0.2, 0.25) is 5.15 Å². The SMILES string of the molecule is CCCSc1nc(Cl)c(N)c(N[C@H]2C[C@H](OC(=O)OCCO)[C@H]3OC(C)(C)O[C@H]32)n1. The molecule has 2 fully saturated rings. The van der Waals surface area contributed by atoms with Crippen molar-refractivity contribution >= 4 is 41.0 Å². The maximum atomic E-state index is 11.9. The molecule has 0 unspecified atom stereocenters. The van der Waals surface area contributed by atoms with Crippen molar-refractivity contribution in [2.45, 2.75) is 68.9 Å². The maximum absolute atomic E-state index is 11.9. The van der Waals surface area contributed by atoms with Gasteiger partial charge in [0.15, 0.2) is 21.9 Å². The highest BCUT2D eigenvalue weighted by Gasteiger charge is 2.56. The number of halogens is 1. The molecule has 0 amide bonds. The van der Waals surface area contributed by atoms with Crippen LogP contribution in [-0.2, 0) is 18.9 Å². The first-order valence-electron chi connectivity index (χ1n) is 9.76. The minimum Gasteiger partial charge on any atom is -0.432 e. The van der Waals surface area contributed by atoms with E-state index >= 15 is 0 Å². The second-order valence-electron chi connectivity index (χ2n) is 7.44. The normalized spacial score (nSPS) is 27.0. The summed E-state index contributed by atoms with van der Waals surface area (Å²) in [5.74, 6) is 0.405. The molecule has 3 rings (SSSR count). The molecule has 1 aromatic rings. The largest absolute Gasteiger partial charge is 0.508 e. The number of thioether (sulfide) groups is 1. The molecule has 0 radical (unpaired) electrons. The number of rotatable bonds is 8. The standard InChI is InChI=1S/C18H27ClN4O6S/c1-4-7-30-16-22-14(19)11(20)15(23-16)21-9-8-10(27-17(25)26-6-5-24)13-12(9)28-18(2,3)29-13/h9-10,12-13,24H,4-8,20H2,1-3H3,(H,21,22,23)/t9-,10-,12-,13+/m0/s1. The second kappa shape index (κ2) is 9.73. The number of fused-ring (bicyclic) bond motifs is 1. The van der Waals surface area contributed by atoms with Crippen molar-refractivity contribution in [2.24, 2.45) is 0 Å². The maximum Gasteiger partial charge on any atom is 0.508 e. The van der Waals surface area contributed by atoms with Gasteiger partial charge in [-0.25, -0.2) is 14.8 Å². The summed E-state index contributed by atoms with van der Waals surface area (Å²) in [5, 5.41) is 12.8. The smallest absolute Gasteiger partial charge is 0.432 e. The molecule has 30 heavy (non-hydrogen) atoms. The highest BCUT2D eigenvalue weighted by molar-refractivity contribution is 7.99. The average Bonchev–Trinajstić information content (AvgIpc) is 3.16. The van der Waals surface area contributed by atoms with Crippen molar-refractivity contribution in [2.75, 3.05) is 30.0 Å². The Morgan fingerprint density at radius 3 is 2.83 bits per heavy atom. The molecule has 4 N–H and O–H groups in total. The van der Waals surface area contributed by atoms with E-state index < -0.39 is 30.3 Å². The topological polar surface area (TPSA) is 138 Å². The fraction of sp³-hybridized carbons (Fsp3) is 0.722. The summed E-state index contributed by atoms with van der Waals surface area (Å²) in [6.07, 6.45) is -1.02. The fourth-order valence-corrected chi connectivity index (χ4v) is 4.36. The molecular weight excluding hydrogens is 436 g/mol. The fourth-order valence-electron chi connectivity index (χ4n) is 3.44. The zero-order valence-electron chi connectivity index (χ0n) is 17.1. The van der Waals surface area contributed by atoms with Gasteiger partial charge in [-0.1, -0.05) is 30.3 Å². The summed E-state index contributed by atoms with van der Waals surface area (Å²) in [5.41, 5.74) is 6.32. The number of nitrogens with zero attached hydrogens (tertiary/aromatic N) is 2. The number of nitrogens with two attached hydrogens (primary N) is 1. The molecule has 10 nitrogen and oxygen atoms in total. The Bertz CT molecular complexity index is 770. The lowest BCUT2D eigenvalue weighted by molar-refractivity contribution is -0.164. The number of ether oxygens (including phenoxy) is 4. The van der Waals surface area contributed by atoms with E-state index in [1.165, 1.54) is 11.8 Å². The molecule has 1 aliphatic carbocycles. The van der Waals surface area contributed by atoms with E-state index in [9.17, 15) is 4.79 Å². The summed E-state index contributed by atoms with van der Waals surface area (Å²) in [6, 6.07) is -0.301. The van der Waals surface area contributed by atoms with Crippen LogP contribution in [-0.4, -0.2) is 70.3 Å². The lowest BCUT2D eigenvalue weighted by Crippen LogP contribution is -2.35. The van der Waals surface area contributed by atoms with Crippen molar-refractivity contribution < 1.29 is 28.8 Å². The third-order valence-electron chi connectivity index (χ3n) is 4.61. The van der Waals surface area contributed by atoms with E-state index in [1.807, 2.05) is 0 Å². The monoisotopic (exact) mass is 462 g/mol. The molecule has 4 atom stereocenters. The molecule has 0 aromatic carbocycles. The lowest BCUT2D eigenvalue weighted by Gasteiger charge is -2.24. The average molecular weight is 463 g/mol. The first-order chi connectivity index (χ1) is 14.2. The molecule has 1 saturated heterocycles. The molecule has 1 saturated carbocycles. The van der Waals surface area contributed by atoms with Gasteiger partial charge in [0.1, 0.15) is 30.6 Å². The molecular formula is C18H27ClN4O6S. The van der Waals surface area contributed by atoms with Crippen molar-refractivity contribution in [3.63, 3.8) is 0 Å². The van der Waals surface area contributed by atoms with Crippen molar-refractivity contribution in [3.8, 4) is 0 Å². The third kappa shape index (κ3) is 5.38. The number of nitrogens with one attached hydrogen (secondary N) is 1. The van der Waals surface area contributed by atoms with Gasteiger partial charge in [-0.15, -0.1) is 0 Å². The predicted octanol–water partition coefficient (Wildman–Crippen LogP) is 2.43. The van der Waals surface area contributed by atoms with E-state index in [2.05, 4.69) is 22.2 Å². The molecule has 2 aliphatic rings. The Morgan fingerprint density at radius 1 is 1.40 bits per heavy atom. The van der Waals surface area contributed by atoms with Crippen molar-refractivity contribution in [1.82, 2.24) is 9.97 Å². The van der Waals surface area contributed by atoms with Gasteiger partial charge in [0.05, 0.1) is 12.6 Å². The Hall–Kier alpha value is -1.53. The Kier molecular flexibility index (Phi) is 7.51. The molecule has 2 heterocycles. The molecule has 168 valence electrons. The lowest BCUT2D eigenvalue weighted by atomic mass is 10.2. The number of carbonyl (C=O) groups is 1. The van der Waals surface area contributed by atoms with Gasteiger partial charge in [-0.05, 0) is 20.3 Å². The highest BCUT2D eigenvalue weighted by Crippen LogP contribution is 2.41. The van der Waals surface area contributed by atoms with Gasteiger partial charge in [0.2, 0.25) is 0 Å². The van der Waals surface area contributed by atoms with Gasteiger partial charge in [0, 0.05) is 12.2 Å². The predicted molar refractivity (Wildman–Crippen MR) is 112 cm³/mol. The van der Waals surface area contributed by atoms with Crippen LogP contribution in [0.4, 0.5) is 16.3 Å². The van der Waals surface area contributed by atoms with Crippen LogP contribution in [0.25, 0.3) is 0 Å². The van der Waals surface area contributed by atoms with Crippen LogP contribution in [0.15, 0.2) is 5.16 Å². The van der Waals surface area contributed by atoms with Crippen molar-refractivity contribution in [3.05, 3.63) is 5.15 Å². The van der Waals surface area contributed by atoms with E-state index in [4.69, 9.17) is 41.4 Å². The number of aliphatic hydroxyl groups is 1. The Balaban J connectivity index is 1.77. The Morgan fingerprint density at radius 2 is 2.13 bits per heavy atom. The van der Waals surface area contributed by atoms with Crippen LogP contribution >= 0.6 is 23.4 Å². The summed E-state index contributed by atoms with van der Waals surface area (Å²) in [6.45, 7) is 5.22. The minimum atomic E-state index is -0.871. The quantitative estimate of drug-likeness (QED) is 0.227. The van der Waals surface area contributed by atoms with Crippen LogP contribution in [0.3, 0.4) is 0 Å². The summed E-state index contributed by atoms with van der Waals surface area (Å²) < 4.78 is 22.2. The van der Waals surface area contributed by atoms with Gasteiger partial charge < -0.3 is 35.1 Å². The summed E-state index contributed by atoms with van der Waals surface area (Å²) >= 11 is 7.68. The molecule has 1 aromatic heterocycles. The zero-order chi connectivity index (χ0) is 21.9. The van der Waals surface area contributed by atoms with E-state index in [0.717, 1.165) is 12.2 Å². The number of anilines is 2. The second-order valence-corrected chi connectivity index (χ2v) is 8.86. The molecule has 0 bridgehead atoms. The highest BCUT2D eigenvalue weighted by atomic mass is 35.5. The first kappa shape index (κ1) is 23.1. The molecule has 12 heteroatoms. The van der Waals surface area contributed by atoms with E-state index in [-0.39, 0.29) is 30.1 Å². The van der Waals surface area contributed by atoms with Gasteiger partial charge >= 0.3 is 6.16 Å². The number of hydrogen-bond acceptors (Lipinski definition) is 11. The van der Waals surface area contributed by atoms with Crippen LogP contribution in [0, 0.1) is 0 Å².